The Hall–Kier alpha value is -1.55. The average Bonchev–Trinajstić information content (AvgIpc) is 3.24. The Balaban J connectivity index is 1.88. The first-order valence-corrected chi connectivity index (χ1v) is 7.47. The summed E-state index contributed by atoms with van der Waals surface area (Å²) in [6, 6.07) is 6.18. The van der Waals surface area contributed by atoms with Gasteiger partial charge in [-0.05, 0) is 56.7 Å². The van der Waals surface area contributed by atoms with Crippen LogP contribution >= 0.6 is 0 Å². The number of nitrogens with one attached hydrogen (secondary N) is 2. The lowest BCUT2D eigenvalue weighted by atomic mass is 10.1. The maximum absolute atomic E-state index is 12.0. The lowest BCUT2D eigenvalue weighted by Gasteiger charge is -2.11. The number of hydrogen-bond acceptors (Lipinski definition) is 3. The molecule has 0 aliphatic heterocycles. The van der Waals surface area contributed by atoms with Gasteiger partial charge in [-0.1, -0.05) is 6.07 Å². The number of aliphatic hydroxyl groups excluding tert-OH is 1. The molecule has 1 aromatic rings. The van der Waals surface area contributed by atoms with Crippen LogP contribution in [0.3, 0.4) is 0 Å². The molecule has 110 valence electrons. The van der Waals surface area contributed by atoms with Crippen LogP contribution in [0.4, 0.5) is 5.69 Å². The number of rotatable bonds is 8. The van der Waals surface area contributed by atoms with Crippen LogP contribution in [0.5, 0.6) is 0 Å². The molecule has 2 rings (SSSR count). The minimum Gasteiger partial charge on any atom is -0.396 e. The predicted molar refractivity (Wildman–Crippen MR) is 81.1 cm³/mol. The molecule has 0 atom stereocenters. The van der Waals surface area contributed by atoms with Crippen LogP contribution < -0.4 is 10.6 Å². The standard InChI is InChI=1S/C16H24N2O2/c1-12-5-6-13(16(20)18-14-7-8-14)11-15(12)17-9-3-2-4-10-19/h5-6,11,14,17,19H,2-4,7-10H2,1H3,(H,18,20). The smallest absolute Gasteiger partial charge is 0.251 e. The summed E-state index contributed by atoms with van der Waals surface area (Å²) in [4.78, 5) is 12.0. The zero-order chi connectivity index (χ0) is 14.4. The number of unbranched alkanes of at least 4 members (excludes halogenated alkanes) is 2. The van der Waals surface area contributed by atoms with Gasteiger partial charge in [-0.25, -0.2) is 0 Å². The molecule has 4 heteroatoms. The molecule has 1 amide bonds. The molecule has 0 heterocycles. The summed E-state index contributed by atoms with van der Waals surface area (Å²) < 4.78 is 0. The Kier molecular flexibility index (Phi) is 5.41. The Morgan fingerprint density at radius 2 is 2.10 bits per heavy atom. The first-order chi connectivity index (χ1) is 9.70. The third kappa shape index (κ3) is 4.53. The molecule has 4 nitrogen and oxygen atoms in total. The van der Waals surface area contributed by atoms with Crippen LogP contribution in [-0.4, -0.2) is 30.2 Å². The fourth-order valence-electron chi connectivity index (χ4n) is 2.09. The SMILES string of the molecule is Cc1ccc(C(=O)NC2CC2)cc1NCCCCCO. The minimum atomic E-state index is 0.0239. The molecule has 1 saturated carbocycles. The number of aliphatic hydroxyl groups is 1. The maximum atomic E-state index is 12.0. The second kappa shape index (κ2) is 7.29. The van der Waals surface area contributed by atoms with Crippen molar-refractivity contribution in [1.29, 1.82) is 0 Å². The Morgan fingerprint density at radius 1 is 1.30 bits per heavy atom. The fraction of sp³-hybridized carbons (Fsp3) is 0.562. The van der Waals surface area contributed by atoms with Crippen molar-refractivity contribution in [3.05, 3.63) is 29.3 Å². The van der Waals surface area contributed by atoms with Crippen LogP contribution in [0.25, 0.3) is 0 Å². The van der Waals surface area contributed by atoms with Gasteiger partial charge in [0.25, 0.3) is 5.91 Å². The van der Waals surface area contributed by atoms with Crippen molar-refractivity contribution in [1.82, 2.24) is 5.32 Å². The second-order valence-corrected chi connectivity index (χ2v) is 5.49. The molecule has 0 spiro atoms. The number of benzene rings is 1. The van der Waals surface area contributed by atoms with Gasteiger partial charge in [0.2, 0.25) is 0 Å². The largest absolute Gasteiger partial charge is 0.396 e. The van der Waals surface area contributed by atoms with E-state index >= 15 is 0 Å². The number of aryl methyl sites for hydroxylation is 1. The highest BCUT2D eigenvalue weighted by atomic mass is 16.2. The van der Waals surface area contributed by atoms with Crippen molar-refractivity contribution in [2.75, 3.05) is 18.5 Å². The number of carbonyl (C=O) groups excluding carboxylic acids is 1. The van der Waals surface area contributed by atoms with Crippen molar-refractivity contribution in [2.45, 2.75) is 45.1 Å². The molecule has 1 aliphatic rings. The summed E-state index contributed by atoms with van der Waals surface area (Å²) in [7, 11) is 0. The van der Waals surface area contributed by atoms with Gasteiger partial charge in [0.1, 0.15) is 0 Å². The quantitative estimate of drug-likeness (QED) is 0.639. The molecule has 3 N–H and O–H groups in total. The average molecular weight is 276 g/mol. The lowest BCUT2D eigenvalue weighted by molar-refractivity contribution is 0.0951. The summed E-state index contributed by atoms with van der Waals surface area (Å²) in [5.41, 5.74) is 2.90. The summed E-state index contributed by atoms with van der Waals surface area (Å²) in [6.07, 6.45) is 5.11. The van der Waals surface area contributed by atoms with E-state index in [1.54, 1.807) is 0 Å². The van der Waals surface area contributed by atoms with E-state index in [-0.39, 0.29) is 12.5 Å². The number of hydrogen-bond donors (Lipinski definition) is 3. The maximum Gasteiger partial charge on any atom is 0.251 e. The lowest BCUT2D eigenvalue weighted by Crippen LogP contribution is -2.25. The van der Waals surface area contributed by atoms with E-state index in [1.807, 2.05) is 25.1 Å². The monoisotopic (exact) mass is 276 g/mol. The molecule has 1 aliphatic carbocycles. The van der Waals surface area contributed by atoms with Crippen molar-refractivity contribution in [2.24, 2.45) is 0 Å². The molecular weight excluding hydrogens is 252 g/mol. The topological polar surface area (TPSA) is 61.4 Å². The highest BCUT2D eigenvalue weighted by molar-refractivity contribution is 5.95. The van der Waals surface area contributed by atoms with Crippen molar-refractivity contribution >= 4 is 11.6 Å². The van der Waals surface area contributed by atoms with Gasteiger partial charge in [0, 0.05) is 30.4 Å². The predicted octanol–water partition coefficient (Wildman–Crippen LogP) is 2.46. The third-order valence-electron chi connectivity index (χ3n) is 3.56. The Bertz CT molecular complexity index is 456. The van der Waals surface area contributed by atoms with E-state index in [2.05, 4.69) is 10.6 Å². The molecule has 0 radical (unpaired) electrons. The zero-order valence-corrected chi connectivity index (χ0v) is 12.1. The molecule has 0 bridgehead atoms. The second-order valence-electron chi connectivity index (χ2n) is 5.49. The van der Waals surface area contributed by atoms with Crippen LogP contribution in [0, 0.1) is 6.92 Å². The van der Waals surface area contributed by atoms with Gasteiger partial charge < -0.3 is 15.7 Å². The summed E-state index contributed by atoms with van der Waals surface area (Å²) in [5, 5.41) is 15.1. The normalized spacial score (nSPS) is 14.1. The van der Waals surface area contributed by atoms with Gasteiger partial charge in [-0.2, -0.15) is 0 Å². The van der Waals surface area contributed by atoms with Crippen molar-refractivity contribution < 1.29 is 9.90 Å². The van der Waals surface area contributed by atoms with E-state index in [9.17, 15) is 4.79 Å². The van der Waals surface area contributed by atoms with Gasteiger partial charge in [-0.3, -0.25) is 4.79 Å². The van der Waals surface area contributed by atoms with Gasteiger partial charge in [-0.15, -0.1) is 0 Å². The Morgan fingerprint density at radius 3 is 2.80 bits per heavy atom. The van der Waals surface area contributed by atoms with Crippen molar-refractivity contribution in [3.8, 4) is 0 Å². The van der Waals surface area contributed by atoms with Crippen LogP contribution in [-0.2, 0) is 0 Å². The van der Waals surface area contributed by atoms with Gasteiger partial charge >= 0.3 is 0 Å². The van der Waals surface area contributed by atoms with Gasteiger partial charge in [0.15, 0.2) is 0 Å². The van der Waals surface area contributed by atoms with E-state index in [1.165, 1.54) is 0 Å². The van der Waals surface area contributed by atoms with Crippen LogP contribution in [0.15, 0.2) is 18.2 Å². The first kappa shape index (κ1) is 14.9. The summed E-state index contributed by atoms with van der Waals surface area (Å²) >= 11 is 0. The molecule has 20 heavy (non-hydrogen) atoms. The van der Waals surface area contributed by atoms with Crippen LogP contribution in [0.1, 0.15) is 48.0 Å². The van der Waals surface area contributed by atoms with Crippen molar-refractivity contribution in [3.63, 3.8) is 0 Å². The van der Waals surface area contributed by atoms with Crippen LogP contribution in [0.2, 0.25) is 0 Å². The van der Waals surface area contributed by atoms with E-state index in [0.717, 1.165) is 55.5 Å². The zero-order valence-electron chi connectivity index (χ0n) is 12.1. The summed E-state index contributed by atoms with van der Waals surface area (Å²) in [6.45, 7) is 3.17. The summed E-state index contributed by atoms with van der Waals surface area (Å²) in [5.74, 6) is 0.0239. The molecule has 0 saturated heterocycles. The molecule has 1 fully saturated rings. The van der Waals surface area contributed by atoms with Gasteiger partial charge in [0.05, 0.1) is 0 Å². The van der Waals surface area contributed by atoms with E-state index in [4.69, 9.17) is 5.11 Å². The van der Waals surface area contributed by atoms with E-state index in [0.29, 0.717) is 6.04 Å². The molecular formula is C16H24N2O2. The van der Waals surface area contributed by atoms with E-state index < -0.39 is 0 Å². The molecule has 0 unspecified atom stereocenters. The first-order valence-electron chi connectivity index (χ1n) is 7.47. The molecule has 0 aromatic heterocycles. The third-order valence-corrected chi connectivity index (χ3v) is 3.56. The highest BCUT2D eigenvalue weighted by Gasteiger charge is 2.23. The number of carbonyl (C=O) groups is 1. The number of anilines is 1. The molecule has 1 aromatic carbocycles. The number of amides is 1. The highest BCUT2D eigenvalue weighted by Crippen LogP contribution is 2.21. The Labute approximate surface area is 120 Å². The minimum absolute atomic E-state index is 0.0239. The fourth-order valence-corrected chi connectivity index (χ4v) is 2.09.